The minimum absolute atomic E-state index is 0.0220. The third-order valence-electron chi connectivity index (χ3n) is 4.27. The average molecular weight is 274 g/mol. The Balaban J connectivity index is 1.93. The highest BCUT2D eigenvalue weighted by molar-refractivity contribution is 5.94. The number of rotatable bonds is 5. The maximum Gasteiger partial charge on any atom is 0.251 e. The van der Waals surface area contributed by atoms with Crippen molar-refractivity contribution in [2.75, 3.05) is 13.1 Å². The first kappa shape index (κ1) is 15.0. The first-order valence-electron chi connectivity index (χ1n) is 7.45. The van der Waals surface area contributed by atoms with E-state index < -0.39 is 0 Å². The number of hydrogen-bond donors (Lipinski definition) is 2. The highest BCUT2D eigenvalue weighted by Crippen LogP contribution is 2.47. The second-order valence-electron chi connectivity index (χ2n) is 7.05. The number of nitrogens with two attached hydrogens (primary N) is 1. The van der Waals surface area contributed by atoms with E-state index >= 15 is 0 Å². The van der Waals surface area contributed by atoms with Gasteiger partial charge < -0.3 is 11.1 Å². The van der Waals surface area contributed by atoms with Crippen molar-refractivity contribution in [2.45, 2.75) is 45.4 Å². The molecule has 0 radical (unpaired) electrons. The highest BCUT2D eigenvalue weighted by Gasteiger charge is 2.41. The SMILES string of the molecule is CC(C)(C)c1ccc(C(=O)NCC2(CCN)CC2)cc1. The molecule has 1 aromatic carbocycles. The summed E-state index contributed by atoms with van der Waals surface area (Å²) in [7, 11) is 0. The lowest BCUT2D eigenvalue weighted by molar-refractivity contribution is 0.0944. The van der Waals surface area contributed by atoms with Crippen LogP contribution in [0.1, 0.15) is 56.0 Å². The zero-order chi connectivity index (χ0) is 14.8. The van der Waals surface area contributed by atoms with E-state index in [1.807, 2.05) is 24.3 Å². The van der Waals surface area contributed by atoms with Crippen molar-refractivity contribution in [2.24, 2.45) is 11.1 Å². The van der Waals surface area contributed by atoms with Gasteiger partial charge in [-0.2, -0.15) is 0 Å². The molecular formula is C17H26N2O. The fourth-order valence-corrected chi connectivity index (χ4v) is 2.49. The van der Waals surface area contributed by atoms with Crippen LogP contribution in [0.5, 0.6) is 0 Å². The number of hydrogen-bond acceptors (Lipinski definition) is 2. The predicted molar refractivity (Wildman–Crippen MR) is 82.8 cm³/mol. The summed E-state index contributed by atoms with van der Waals surface area (Å²) in [6.07, 6.45) is 3.39. The van der Waals surface area contributed by atoms with Crippen molar-refractivity contribution in [3.63, 3.8) is 0 Å². The normalized spacial score (nSPS) is 16.8. The second-order valence-corrected chi connectivity index (χ2v) is 7.05. The van der Waals surface area contributed by atoms with Gasteiger partial charge in [0.15, 0.2) is 0 Å². The van der Waals surface area contributed by atoms with Crippen LogP contribution in [0.15, 0.2) is 24.3 Å². The Morgan fingerprint density at radius 1 is 1.25 bits per heavy atom. The molecule has 110 valence electrons. The minimum atomic E-state index is 0.0220. The van der Waals surface area contributed by atoms with Gasteiger partial charge >= 0.3 is 0 Å². The van der Waals surface area contributed by atoms with Gasteiger partial charge in [0, 0.05) is 12.1 Å². The maximum absolute atomic E-state index is 12.1. The summed E-state index contributed by atoms with van der Waals surface area (Å²) < 4.78 is 0. The van der Waals surface area contributed by atoms with Crippen molar-refractivity contribution in [1.82, 2.24) is 5.32 Å². The molecule has 0 heterocycles. The summed E-state index contributed by atoms with van der Waals surface area (Å²) in [6.45, 7) is 7.98. The molecule has 1 saturated carbocycles. The molecule has 1 fully saturated rings. The molecule has 1 amide bonds. The van der Waals surface area contributed by atoms with E-state index in [2.05, 4.69) is 26.1 Å². The van der Waals surface area contributed by atoms with Crippen LogP contribution in [0.3, 0.4) is 0 Å². The third kappa shape index (κ3) is 3.60. The molecule has 0 bridgehead atoms. The Kier molecular flexibility index (Phi) is 4.19. The minimum Gasteiger partial charge on any atom is -0.351 e. The first-order valence-corrected chi connectivity index (χ1v) is 7.45. The zero-order valence-corrected chi connectivity index (χ0v) is 12.8. The number of nitrogens with one attached hydrogen (secondary N) is 1. The van der Waals surface area contributed by atoms with E-state index in [4.69, 9.17) is 5.73 Å². The Labute approximate surface area is 121 Å². The molecule has 0 spiro atoms. The third-order valence-corrected chi connectivity index (χ3v) is 4.27. The smallest absolute Gasteiger partial charge is 0.251 e. The van der Waals surface area contributed by atoms with Crippen LogP contribution in [-0.2, 0) is 5.41 Å². The Morgan fingerprint density at radius 2 is 1.85 bits per heavy atom. The molecule has 1 aliphatic rings. The zero-order valence-electron chi connectivity index (χ0n) is 12.8. The Hall–Kier alpha value is -1.35. The summed E-state index contributed by atoms with van der Waals surface area (Å²) in [6, 6.07) is 7.92. The topological polar surface area (TPSA) is 55.1 Å². The lowest BCUT2D eigenvalue weighted by Crippen LogP contribution is -2.31. The lowest BCUT2D eigenvalue weighted by atomic mass is 9.86. The molecule has 1 aliphatic carbocycles. The summed E-state index contributed by atoms with van der Waals surface area (Å²) in [5, 5.41) is 3.05. The molecular weight excluding hydrogens is 248 g/mol. The standard InChI is InChI=1S/C17H26N2O/c1-16(2,3)14-6-4-13(5-7-14)15(20)19-12-17(8-9-17)10-11-18/h4-7H,8-12,18H2,1-3H3,(H,19,20). The second kappa shape index (κ2) is 5.57. The molecule has 0 aromatic heterocycles. The molecule has 0 atom stereocenters. The molecule has 2 rings (SSSR count). The van der Waals surface area contributed by atoms with E-state index in [-0.39, 0.29) is 16.7 Å². The Bertz CT molecular complexity index is 467. The number of amides is 1. The molecule has 3 nitrogen and oxygen atoms in total. The van der Waals surface area contributed by atoms with Crippen molar-refractivity contribution < 1.29 is 4.79 Å². The average Bonchev–Trinajstić information content (AvgIpc) is 3.16. The molecule has 0 unspecified atom stereocenters. The molecule has 0 aliphatic heterocycles. The fraction of sp³-hybridized carbons (Fsp3) is 0.588. The van der Waals surface area contributed by atoms with Crippen LogP contribution in [0.4, 0.5) is 0 Å². The van der Waals surface area contributed by atoms with E-state index in [1.54, 1.807) is 0 Å². The highest BCUT2D eigenvalue weighted by atomic mass is 16.1. The van der Waals surface area contributed by atoms with Crippen LogP contribution in [0.25, 0.3) is 0 Å². The predicted octanol–water partition coefficient (Wildman–Crippen LogP) is 2.84. The van der Waals surface area contributed by atoms with Crippen LogP contribution in [0.2, 0.25) is 0 Å². The summed E-state index contributed by atoms with van der Waals surface area (Å²) >= 11 is 0. The number of carbonyl (C=O) groups is 1. The fourth-order valence-electron chi connectivity index (χ4n) is 2.49. The number of carbonyl (C=O) groups excluding carboxylic acids is 1. The number of benzene rings is 1. The van der Waals surface area contributed by atoms with Crippen molar-refractivity contribution >= 4 is 5.91 Å². The molecule has 0 saturated heterocycles. The van der Waals surface area contributed by atoms with E-state index in [0.29, 0.717) is 6.54 Å². The van der Waals surface area contributed by atoms with E-state index in [0.717, 1.165) is 18.5 Å². The van der Waals surface area contributed by atoms with Crippen LogP contribution in [-0.4, -0.2) is 19.0 Å². The summed E-state index contributed by atoms with van der Waals surface area (Å²) in [5.41, 5.74) is 8.01. The van der Waals surface area contributed by atoms with Crippen molar-refractivity contribution in [3.05, 3.63) is 35.4 Å². The quantitative estimate of drug-likeness (QED) is 0.867. The van der Waals surface area contributed by atoms with Gasteiger partial charge in [-0.3, -0.25) is 4.79 Å². The van der Waals surface area contributed by atoms with Gasteiger partial charge in [-0.15, -0.1) is 0 Å². The van der Waals surface area contributed by atoms with Gasteiger partial charge in [-0.05, 0) is 54.3 Å². The maximum atomic E-state index is 12.1. The van der Waals surface area contributed by atoms with E-state index in [9.17, 15) is 4.79 Å². The van der Waals surface area contributed by atoms with Gasteiger partial charge in [0.25, 0.3) is 5.91 Å². The Morgan fingerprint density at radius 3 is 2.30 bits per heavy atom. The summed E-state index contributed by atoms with van der Waals surface area (Å²) in [4.78, 5) is 12.1. The van der Waals surface area contributed by atoms with Gasteiger partial charge in [0.1, 0.15) is 0 Å². The van der Waals surface area contributed by atoms with Gasteiger partial charge in [0.05, 0.1) is 0 Å². The van der Waals surface area contributed by atoms with Crippen LogP contribution in [0, 0.1) is 5.41 Å². The lowest BCUT2D eigenvalue weighted by Gasteiger charge is -2.19. The van der Waals surface area contributed by atoms with Gasteiger partial charge in [-0.1, -0.05) is 32.9 Å². The molecule has 3 N–H and O–H groups in total. The van der Waals surface area contributed by atoms with Crippen LogP contribution < -0.4 is 11.1 Å². The van der Waals surface area contributed by atoms with Gasteiger partial charge in [-0.25, -0.2) is 0 Å². The molecule has 3 heteroatoms. The van der Waals surface area contributed by atoms with Crippen LogP contribution >= 0.6 is 0 Å². The van der Waals surface area contributed by atoms with Gasteiger partial charge in [0.2, 0.25) is 0 Å². The molecule has 20 heavy (non-hydrogen) atoms. The largest absolute Gasteiger partial charge is 0.351 e. The van der Waals surface area contributed by atoms with Crippen molar-refractivity contribution in [1.29, 1.82) is 0 Å². The molecule has 1 aromatic rings. The summed E-state index contributed by atoms with van der Waals surface area (Å²) in [5.74, 6) is 0.0220. The first-order chi connectivity index (χ1) is 9.36. The van der Waals surface area contributed by atoms with Crippen molar-refractivity contribution in [3.8, 4) is 0 Å². The monoisotopic (exact) mass is 274 g/mol. The van der Waals surface area contributed by atoms with E-state index in [1.165, 1.54) is 18.4 Å².